The van der Waals surface area contributed by atoms with Crippen LogP contribution in [-0.4, -0.2) is 4.98 Å². The summed E-state index contributed by atoms with van der Waals surface area (Å²) in [5, 5.41) is 0. The smallest absolute Gasteiger partial charge is 0.136 e. The van der Waals surface area contributed by atoms with Gasteiger partial charge in [-0.1, -0.05) is 30.8 Å². The molecule has 0 saturated heterocycles. The SMILES string of the molecule is C=CN(c1ccccc1)c1ccccn1. The van der Waals surface area contributed by atoms with Crippen LogP contribution in [0.15, 0.2) is 67.5 Å². The summed E-state index contributed by atoms with van der Waals surface area (Å²) in [6, 6.07) is 15.8. The van der Waals surface area contributed by atoms with E-state index in [-0.39, 0.29) is 0 Å². The second kappa shape index (κ2) is 4.42. The first-order valence-corrected chi connectivity index (χ1v) is 4.79. The molecule has 2 aromatic rings. The summed E-state index contributed by atoms with van der Waals surface area (Å²) >= 11 is 0. The maximum atomic E-state index is 4.28. The molecule has 1 aromatic heterocycles. The lowest BCUT2D eigenvalue weighted by Gasteiger charge is -2.18. The van der Waals surface area contributed by atoms with Crippen LogP contribution < -0.4 is 4.90 Å². The zero-order valence-electron chi connectivity index (χ0n) is 8.38. The zero-order chi connectivity index (χ0) is 10.5. The van der Waals surface area contributed by atoms with Gasteiger partial charge in [-0.3, -0.25) is 0 Å². The molecule has 0 bridgehead atoms. The highest BCUT2D eigenvalue weighted by atomic mass is 15.2. The van der Waals surface area contributed by atoms with E-state index in [1.54, 1.807) is 12.4 Å². The van der Waals surface area contributed by atoms with Crippen molar-refractivity contribution in [1.82, 2.24) is 4.98 Å². The highest BCUT2D eigenvalue weighted by Crippen LogP contribution is 2.22. The van der Waals surface area contributed by atoms with Crippen LogP contribution in [0.2, 0.25) is 0 Å². The summed E-state index contributed by atoms with van der Waals surface area (Å²) in [6.45, 7) is 3.80. The van der Waals surface area contributed by atoms with Crippen LogP contribution in [0.4, 0.5) is 11.5 Å². The van der Waals surface area contributed by atoms with Crippen molar-refractivity contribution in [3.63, 3.8) is 0 Å². The van der Waals surface area contributed by atoms with Gasteiger partial charge in [0.2, 0.25) is 0 Å². The van der Waals surface area contributed by atoms with Crippen molar-refractivity contribution >= 4 is 11.5 Å². The second-order valence-electron chi connectivity index (χ2n) is 3.08. The largest absolute Gasteiger partial charge is 0.302 e. The normalized spacial score (nSPS) is 9.60. The molecular weight excluding hydrogens is 184 g/mol. The summed E-state index contributed by atoms with van der Waals surface area (Å²) in [6.07, 6.45) is 3.53. The summed E-state index contributed by atoms with van der Waals surface area (Å²) in [4.78, 5) is 6.23. The first-order valence-electron chi connectivity index (χ1n) is 4.79. The third-order valence-corrected chi connectivity index (χ3v) is 2.11. The molecule has 0 fully saturated rings. The predicted octanol–water partition coefficient (Wildman–Crippen LogP) is 3.36. The van der Waals surface area contributed by atoms with Gasteiger partial charge in [0.1, 0.15) is 5.82 Å². The minimum Gasteiger partial charge on any atom is -0.302 e. The highest BCUT2D eigenvalue weighted by molar-refractivity contribution is 5.62. The topological polar surface area (TPSA) is 16.1 Å². The number of anilines is 2. The van der Waals surface area contributed by atoms with Gasteiger partial charge in [-0.2, -0.15) is 0 Å². The lowest BCUT2D eigenvalue weighted by atomic mass is 10.3. The number of hydrogen-bond donors (Lipinski definition) is 0. The molecule has 0 spiro atoms. The zero-order valence-corrected chi connectivity index (χ0v) is 8.38. The van der Waals surface area contributed by atoms with Gasteiger partial charge in [0, 0.05) is 18.1 Å². The molecule has 0 radical (unpaired) electrons. The molecule has 2 nitrogen and oxygen atoms in total. The molecule has 0 aliphatic carbocycles. The van der Waals surface area contributed by atoms with Gasteiger partial charge in [-0.25, -0.2) is 4.98 Å². The first-order chi connectivity index (χ1) is 7.42. The minimum atomic E-state index is 0.874. The molecule has 0 aliphatic rings. The Kier molecular flexibility index (Phi) is 2.79. The Labute approximate surface area is 89.5 Å². The van der Waals surface area contributed by atoms with Crippen LogP contribution in [0.3, 0.4) is 0 Å². The summed E-state index contributed by atoms with van der Waals surface area (Å²) in [5.41, 5.74) is 1.06. The number of pyridine rings is 1. The van der Waals surface area contributed by atoms with Crippen molar-refractivity contribution in [1.29, 1.82) is 0 Å². The van der Waals surface area contributed by atoms with Crippen molar-refractivity contribution in [2.75, 3.05) is 4.90 Å². The maximum Gasteiger partial charge on any atom is 0.136 e. The Morgan fingerprint density at radius 3 is 2.33 bits per heavy atom. The minimum absolute atomic E-state index is 0.874. The quantitative estimate of drug-likeness (QED) is 0.748. The van der Waals surface area contributed by atoms with Crippen LogP contribution in [0, 0.1) is 0 Å². The van der Waals surface area contributed by atoms with E-state index in [0.29, 0.717) is 0 Å². The Morgan fingerprint density at radius 2 is 1.73 bits per heavy atom. The maximum absolute atomic E-state index is 4.28. The van der Waals surface area contributed by atoms with E-state index in [0.717, 1.165) is 11.5 Å². The molecule has 74 valence electrons. The molecule has 15 heavy (non-hydrogen) atoms. The number of rotatable bonds is 3. The molecule has 0 atom stereocenters. The average molecular weight is 196 g/mol. The van der Waals surface area contributed by atoms with Gasteiger partial charge in [0.05, 0.1) is 0 Å². The summed E-state index contributed by atoms with van der Waals surface area (Å²) in [5.74, 6) is 0.874. The Hall–Kier alpha value is -2.09. The second-order valence-corrected chi connectivity index (χ2v) is 3.08. The summed E-state index contributed by atoms with van der Waals surface area (Å²) < 4.78 is 0. The number of benzene rings is 1. The van der Waals surface area contributed by atoms with E-state index < -0.39 is 0 Å². The third kappa shape index (κ3) is 2.05. The van der Waals surface area contributed by atoms with Gasteiger partial charge < -0.3 is 4.90 Å². The monoisotopic (exact) mass is 196 g/mol. The lowest BCUT2D eigenvalue weighted by Crippen LogP contribution is -2.08. The van der Waals surface area contributed by atoms with Crippen LogP contribution in [0.1, 0.15) is 0 Å². The van der Waals surface area contributed by atoms with Crippen LogP contribution in [0.25, 0.3) is 0 Å². The number of hydrogen-bond acceptors (Lipinski definition) is 2. The van der Waals surface area contributed by atoms with Gasteiger partial charge >= 0.3 is 0 Å². The van der Waals surface area contributed by atoms with E-state index in [2.05, 4.69) is 11.6 Å². The Morgan fingerprint density at radius 1 is 1.00 bits per heavy atom. The predicted molar refractivity (Wildman–Crippen MR) is 63.0 cm³/mol. The lowest BCUT2D eigenvalue weighted by molar-refractivity contribution is 1.18. The van der Waals surface area contributed by atoms with Crippen molar-refractivity contribution in [2.45, 2.75) is 0 Å². The van der Waals surface area contributed by atoms with E-state index in [9.17, 15) is 0 Å². The molecule has 2 rings (SSSR count). The highest BCUT2D eigenvalue weighted by Gasteiger charge is 2.04. The van der Waals surface area contributed by atoms with Gasteiger partial charge in [0.15, 0.2) is 0 Å². The Bertz CT molecular complexity index is 383. The van der Waals surface area contributed by atoms with Gasteiger partial charge in [-0.15, -0.1) is 0 Å². The first kappa shape index (κ1) is 9.46. The van der Waals surface area contributed by atoms with Crippen LogP contribution >= 0.6 is 0 Å². The van der Waals surface area contributed by atoms with Crippen LogP contribution in [-0.2, 0) is 0 Å². The third-order valence-electron chi connectivity index (χ3n) is 2.11. The number of para-hydroxylation sites is 1. The van der Waals surface area contributed by atoms with E-state index in [4.69, 9.17) is 0 Å². The average Bonchev–Trinajstić information content (AvgIpc) is 2.33. The van der Waals surface area contributed by atoms with E-state index in [1.807, 2.05) is 53.4 Å². The molecular formula is C13H12N2. The molecule has 1 aromatic carbocycles. The van der Waals surface area contributed by atoms with Gasteiger partial charge in [-0.05, 0) is 24.3 Å². The fourth-order valence-electron chi connectivity index (χ4n) is 1.42. The number of aromatic nitrogens is 1. The standard InChI is InChI=1S/C13H12N2/c1-2-15(12-8-4-3-5-9-12)13-10-6-7-11-14-13/h2-11H,1H2. The fourth-order valence-corrected chi connectivity index (χ4v) is 1.42. The van der Waals surface area contributed by atoms with E-state index in [1.165, 1.54) is 0 Å². The summed E-state index contributed by atoms with van der Waals surface area (Å²) in [7, 11) is 0. The van der Waals surface area contributed by atoms with Crippen molar-refractivity contribution in [3.05, 3.63) is 67.5 Å². The van der Waals surface area contributed by atoms with Crippen molar-refractivity contribution in [3.8, 4) is 0 Å². The Balaban J connectivity index is 2.38. The van der Waals surface area contributed by atoms with Crippen LogP contribution in [0.5, 0.6) is 0 Å². The molecule has 0 amide bonds. The van der Waals surface area contributed by atoms with E-state index >= 15 is 0 Å². The van der Waals surface area contributed by atoms with Crippen molar-refractivity contribution in [2.24, 2.45) is 0 Å². The molecule has 0 saturated carbocycles. The molecule has 0 aliphatic heterocycles. The van der Waals surface area contributed by atoms with Gasteiger partial charge in [0.25, 0.3) is 0 Å². The molecule has 0 unspecified atom stereocenters. The molecule has 1 heterocycles. The number of nitrogens with zero attached hydrogens (tertiary/aromatic N) is 2. The fraction of sp³-hybridized carbons (Fsp3) is 0. The van der Waals surface area contributed by atoms with Crippen molar-refractivity contribution < 1.29 is 0 Å². The molecule has 2 heteroatoms. The molecule has 0 N–H and O–H groups in total.